The number of benzene rings is 2. The van der Waals surface area contributed by atoms with Gasteiger partial charge in [0.15, 0.2) is 0 Å². The first-order valence-electron chi connectivity index (χ1n) is 9.97. The Bertz CT molecular complexity index is 920. The minimum absolute atomic E-state index is 0.0611. The second-order valence-electron chi connectivity index (χ2n) is 7.44. The predicted octanol–water partition coefficient (Wildman–Crippen LogP) is 3.53. The van der Waals surface area contributed by atoms with Crippen LogP contribution in [0.2, 0.25) is 0 Å². The summed E-state index contributed by atoms with van der Waals surface area (Å²) in [5.74, 6) is -0.119. The van der Waals surface area contributed by atoms with Crippen molar-refractivity contribution in [3.05, 3.63) is 77.3 Å². The molecular formula is C23H26N4OS. The summed E-state index contributed by atoms with van der Waals surface area (Å²) in [6.07, 6.45) is 0. The van der Waals surface area contributed by atoms with Crippen molar-refractivity contribution in [2.45, 2.75) is 6.04 Å². The van der Waals surface area contributed by atoms with Gasteiger partial charge >= 0.3 is 0 Å². The third-order valence-electron chi connectivity index (χ3n) is 5.30. The number of thiazole rings is 1. The van der Waals surface area contributed by atoms with Gasteiger partial charge in [0.2, 0.25) is 0 Å². The Kier molecular flexibility index (Phi) is 6.34. The predicted molar refractivity (Wildman–Crippen MR) is 118 cm³/mol. The Morgan fingerprint density at radius 1 is 1.03 bits per heavy atom. The molecule has 29 heavy (non-hydrogen) atoms. The molecule has 1 unspecified atom stereocenters. The van der Waals surface area contributed by atoms with Crippen molar-refractivity contribution in [2.75, 3.05) is 39.8 Å². The van der Waals surface area contributed by atoms with E-state index in [1.165, 1.54) is 11.3 Å². The summed E-state index contributed by atoms with van der Waals surface area (Å²) < 4.78 is 0. The highest BCUT2D eigenvalue weighted by molar-refractivity contribution is 7.13. The van der Waals surface area contributed by atoms with E-state index in [1.54, 1.807) is 0 Å². The number of amides is 1. The molecule has 1 atom stereocenters. The van der Waals surface area contributed by atoms with Crippen molar-refractivity contribution in [3.63, 3.8) is 0 Å². The smallest absolute Gasteiger partial charge is 0.271 e. The summed E-state index contributed by atoms with van der Waals surface area (Å²) in [7, 11) is 2.15. The Balaban J connectivity index is 1.48. The molecule has 0 saturated carbocycles. The fraction of sp³-hybridized carbons (Fsp3) is 0.304. The average Bonchev–Trinajstić information content (AvgIpc) is 3.26. The first-order chi connectivity index (χ1) is 14.2. The molecule has 1 amide bonds. The molecule has 0 aliphatic carbocycles. The maximum absolute atomic E-state index is 13.0. The van der Waals surface area contributed by atoms with Gasteiger partial charge in [0, 0.05) is 43.7 Å². The molecule has 1 fully saturated rings. The lowest BCUT2D eigenvalue weighted by atomic mass is 10.1. The third kappa shape index (κ3) is 5.09. The molecule has 0 radical (unpaired) electrons. The van der Waals surface area contributed by atoms with Crippen LogP contribution >= 0.6 is 11.3 Å². The highest BCUT2D eigenvalue weighted by Gasteiger charge is 2.22. The Morgan fingerprint density at radius 3 is 2.38 bits per heavy atom. The maximum atomic E-state index is 13.0. The Hall–Kier alpha value is -2.54. The number of likely N-dealkylation sites (N-methyl/N-ethyl adjacent to an activating group) is 1. The number of hydrogen-bond donors (Lipinski definition) is 1. The van der Waals surface area contributed by atoms with E-state index in [0.29, 0.717) is 5.69 Å². The zero-order chi connectivity index (χ0) is 20.1. The number of carbonyl (C=O) groups is 1. The number of rotatable bonds is 6. The molecule has 0 spiro atoms. The van der Waals surface area contributed by atoms with Crippen LogP contribution in [0.15, 0.2) is 66.0 Å². The van der Waals surface area contributed by atoms with Gasteiger partial charge in [0.05, 0.1) is 6.04 Å². The van der Waals surface area contributed by atoms with Crippen LogP contribution < -0.4 is 5.32 Å². The fourth-order valence-corrected chi connectivity index (χ4v) is 4.34. The van der Waals surface area contributed by atoms with E-state index < -0.39 is 0 Å². The van der Waals surface area contributed by atoms with Gasteiger partial charge in [-0.05, 0) is 12.6 Å². The molecule has 2 aromatic carbocycles. The van der Waals surface area contributed by atoms with E-state index in [2.05, 4.69) is 39.3 Å². The van der Waals surface area contributed by atoms with E-state index in [9.17, 15) is 4.79 Å². The Labute approximate surface area is 176 Å². The first-order valence-corrected chi connectivity index (χ1v) is 10.8. The van der Waals surface area contributed by atoms with Crippen molar-refractivity contribution < 1.29 is 4.79 Å². The highest BCUT2D eigenvalue weighted by Crippen LogP contribution is 2.24. The van der Waals surface area contributed by atoms with Gasteiger partial charge in [-0.2, -0.15) is 0 Å². The van der Waals surface area contributed by atoms with Crippen LogP contribution in [0.5, 0.6) is 0 Å². The van der Waals surface area contributed by atoms with Crippen LogP contribution in [0.4, 0.5) is 0 Å². The largest absolute Gasteiger partial charge is 0.343 e. The average molecular weight is 407 g/mol. The molecule has 2 heterocycles. The lowest BCUT2D eigenvalue weighted by Crippen LogP contribution is -2.47. The van der Waals surface area contributed by atoms with Crippen molar-refractivity contribution in [2.24, 2.45) is 0 Å². The molecule has 0 bridgehead atoms. The summed E-state index contributed by atoms with van der Waals surface area (Å²) in [5, 5.41) is 5.93. The summed E-state index contributed by atoms with van der Waals surface area (Å²) in [6, 6.07) is 20.1. The highest BCUT2D eigenvalue weighted by atomic mass is 32.1. The van der Waals surface area contributed by atoms with E-state index >= 15 is 0 Å². The fourth-order valence-electron chi connectivity index (χ4n) is 3.53. The summed E-state index contributed by atoms with van der Waals surface area (Å²) >= 11 is 1.50. The van der Waals surface area contributed by atoms with Crippen LogP contribution in [0.3, 0.4) is 0 Å². The quantitative estimate of drug-likeness (QED) is 0.680. The molecule has 1 saturated heterocycles. The zero-order valence-electron chi connectivity index (χ0n) is 16.6. The van der Waals surface area contributed by atoms with Gasteiger partial charge in [-0.3, -0.25) is 9.69 Å². The lowest BCUT2D eigenvalue weighted by molar-refractivity contribution is 0.0903. The molecule has 1 aliphatic heterocycles. The molecule has 4 rings (SSSR count). The molecule has 3 aromatic rings. The number of carbonyl (C=O) groups excluding carboxylic acids is 1. The van der Waals surface area contributed by atoms with Crippen LogP contribution in [0.25, 0.3) is 10.6 Å². The number of piperazine rings is 1. The summed E-state index contributed by atoms with van der Waals surface area (Å²) in [4.78, 5) is 22.3. The molecular weight excluding hydrogens is 380 g/mol. The molecule has 6 heteroatoms. The van der Waals surface area contributed by atoms with E-state index in [-0.39, 0.29) is 11.9 Å². The first kappa shape index (κ1) is 19.8. The van der Waals surface area contributed by atoms with Crippen LogP contribution in [0.1, 0.15) is 22.1 Å². The Morgan fingerprint density at radius 2 is 1.69 bits per heavy atom. The molecule has 150 valence electrons. The number of hydrogen-bond acceptors (Lipinski definition) is 5. The molecule has 1 N–H and O–H groups in total. The third-order valence-corrected chi connectivity index (χ3v) is 6.19. The van der Waals surface area contributed by atoms with Crippen molar-refractivity contribution in [3.8, 4) is 10.6 Å². The number of nitrogens with zero attached hydrogens (tertiary/aromatic N) is 3. The number of nitrogens with one attached hydrogen (secondary N) is 1. The van der Waals surface area contributed by atoms with E-state index in [0.717, 1.165) is 48.9 Å². The minimum atomic E-state index is -0.119. The molecule has 1 aromatic heterocycles. The number of aromatic nitrogens is 1. The van der Waals surface area contributed by atoms with Crippen molar-refractivity contribution in [1.82, 2.24) is 20.1 Å². The van der Waals surface area contributed by atoms with Crippen LogP contribution in [-0.2, 0) is 0 Å². The second-order valence-corrected chi connectivity index (χ2v) is 8.30. The van der Waals surface area contributed by atoms with E-state index in [4.69, 9.17) is 0 Å². The summed E-state index contributed by atoms with van der Waals surface area (Å²) in [5.41, 5.74) is 2.64. The summed E-state index contributed by atoms with van der Waals surface area (Å²) in [6.45, 7) is 4.96. The normalized spacial score (nSPS) is 16.4. The van der Waals surface area contributed by atoms with Gasteiger partial charge in [0.1, 0.15) is 10.7 Å². The standard InChI is InChI=1S/C23H26N4OS/c1-26-12-14-27(15-13-26)16-20(18-8-4-2-5-9-18)24-22(28)21-17-29-23(25-21)19-10-6-3-7-11-19/h2-11,17,20H,12-16H2,1H3,(H,24,28). The van der Waals surface area contributed by atoms with Crippen molar-refractivity contribution >= 4 is 17.2 Å². The van der Waals surface area contributed by atoms with Gasteiger partial charge in [-0.15, -0.1) is 11.3 Å². The second kappa shape index (κ2) is 9.31. The SMILES string of the molecule is CN1CCN(CC(NC(=O)c2csc(-c3ccccc3)n2)c2ccccc2)CC1. The topological polar surface area (TPSA) is 48.5 Å². The van der Waals surface area contributed by atoms with Crippen molar-refractivity contribution in [1.29, 1.82) is 0 Å². The van der Waals surface area contributed by atoms with Crippen LogP contribution in [-0.4, -0.2) is 60.5 Å². The van der Waals surface area contributed by atoms with Gasteiger partial charge in [0.25, 0.3) is 5.91 Å². The van der Waals surface area contributed by atoms with E-state index in [1.807, 2.05) is 53.9 Å². The lowest BCUT2D eigenvalue weighted by Gasteiger charge is -2.35. The molecule has 5 nitrogen and oxygen atoms in total. The minimum Gasteiger partial charge on any atom is -0.343 e. The van der Waals surface area contributed by atoms with Gasteiger partial charge in [-0.25, -0.2) is 4.98 Å². The molecule has 1 aliphatic rings. The monoisotopic (exact) mass is 406 g/mol. The maximum Gasteiger partial charge on any atom is 0.271 e. The van der Waals surface area contributed by atoms with Crippen LogP contribution in [0, 0.1) is 0 Å². The zero-order valence-corrected chi connectivity index (χ0v) is 17.4. The van der Waals surface area contributed by atoms with Gasteiger partial charge < -0.3 is 10.2 Å². The van der Waals surface area contributed by atoms with Gasteiger partial charge in [-0.1, -0.05) is 60.7 Å².